The summed E-state index contributed by atoms with van der Waals surface area (Å²) in [6, 6.07) is 7.19. The number of rotatable bonds is 4. The Morgan fingerprint density at radius 2 is 1.94 bits per heavy atom. The van der Waals surface area contributed by atoms with E-state index in [-0.39, 0.29) is 11.7 Å². The Morgan fingerprint density at radius 1 is 1.29 bits per heavy atom. The molecule has 0 saturated heterocycles. The molecule has 0 aliphatic carbocycles. The summed E-state index contributed by atoms with van der Waals surface area (Å²) in [5.74, 6) is -0.0810. The van der Waals surface area contributed by atoms with Crippen LogP contribution in [0.15, 0.2) is 33.6 Å². The third-order valence-corrected chi connectivity index (χ3v) is 3.31. The van der Waals surface area contributed by atoms with Crippen molar-refractivity contribution in [2.75, 3.05) is 12.3 Å². The van der Waals surface area contributed by atoms with Crippen LogP contribution in [0, 0.1) is 0 Å². The van der Waals surface area contributed by atoms with Gasteiger partial charge in [0.2, 0.25) is 5.91 Å². The molecular formula is C11H13BrN2O2S. The molecule has 0 radical (unpaired) electrons. The van der Waals surface area contributed by atoms with Crippen LogP contribution in [-0.2, 0) is 4.79 Å². The Hall–Kier alpha value is -1.01. The van der Waals surface area contributed by atoms with Gasteiger partial charge in [-0.2, -0.15) is 0 Å². The lowest BCUT2D eigenvalue weighted by Gasteiger charge is -2.04. The average molecular weight is 317 g/mol. The molecule has 1 rings (SSSR count). The van der Waals surface area contributed by atoms with Gasteiger partial charge in [0.1, 0.15) is 0 Å². The number of thioether (sulfide) groups is 1. The summed E-state index contributed by atoms with van der Waals surface area (Å²) >= 11 is 4.72. The van der Waals surface area contributed by atoms with Crippen molar-refractivity contribution in [3.63, 3.8) is 0 Å². The fourth-order valence-corrected chi connectivity index (χ4v) is 2.01. The van der Waals surface area contributed by atoms with Crippen LogP contribution in [0.4, 0.5) is 4.79 Å². The third-order valence-electron chi connectivity index (χ3n) is 1.77. The zero-order valence-corrected chi connectivity index (χ0v) is 11.7. The van der Waals surface area contributed by atoms with E-state index in [4.69, 9.17) is 0 Å². The maximum atomic E-state index is 11.4. The lowest BCUT2D eigenvalue weighted by molar-refractivity contribution is -0.117. The maximum Gasteiger partial charge on any atom is 0.321 e. The van der Waals surface area contributed by atoms with Crippen molar-refractivity contribution in [2.45, 2.75) is 11.8 Å². The molecule has 17 heavy (non-hydrogen) atoms. The van der Waals surface area contributed by atoms with Gasteiger partial charge in [0.05, 0.1) is 5.75 Å². The first-order valence-electron chi connectivity index (χ1n) is 5.08. The molecule has 0 saturated carbocycles. The molecular weight excluding hydrogens is 304 g/mol. The fourth-order valence-electron chi connectivity index (χ4n) is 1.05. The van der Waals surface area contributed by atoms with Crippen LogP contribution in [0.25, 0.3) is 0 Å². The van der Waals surface area contributed by atoms with E-state index in [2.05, 4.69) is 26.6 Å². The number of benzene rings is 1. The van der Waals surface area contributed by atoms with Gasteiger partial charge in [-0.1, -0.05) is 15.9 Å². The number of halogens is 1. The standard InChI is InChI=1S/C11H13BrN2O2S/c1-2-13-11(16)14-10(15)7-17-9-5-3-8(12)4-6-9/h3-6H,2,7H2,1H3,(H2,13,14,15,16). The summed E-state index contributed by atoms with van der Waals surface area (Å²) in [5, 5.41) is 4.74. The molecule has 0 aliphatic rings. The van der Waals surface area contributed by atoms with E-state index in [0.717, 1.165) is 9.37 Å². The Labute approximate surface area is 113 Å². The van der Waals surface area contributed by atoms with E-state index in [0.29, 0.717) is 6.54 Å². The highest BCUT2D eigenvalue weighted by Gasteiger charge is 2.06. The zero-order chi connectivity index (χ0) is 12.7. The van der Waals surface area contributed by atoms with Crippen molar-refractivity contribution in [3.05, 3.63) is 28.7 Å². The highest BCUT2D eigenvalue weighted by Crippen LogP contribution is 2.20. The smallest absolute Gasteiger partial charge is 0.321 e. The highest BCUT2D eigenvalue weighted by atomic mass is 79.9. The van der Waals surface area contributed by atoms with E-state index < -0.39 is 6.03 Å². The number of nitrogens with one attached hydrogen (secondary N) is 2. The van der Waals surface area contributed by atoms with Gasteiger partial charge in [0.15, 0.2) is 0 Å². The summed E-state index contributed by atoms with van der Waals surface area (Å²) in [6.45, 7) is 2.29. The van der Waals surface area contributed by atoms with Crippen LogP contribution < -0.4 is 10.6 Å². The van der Waals surface area contributed by atoms with Gasteiger partial charge in [-0.3, -0.25) is 10.1 Å². The van der Waals surface area contributed by atoms with Gasteiger partial charge in [-0.15, -0.1) is 11.8 Å². The minimum atomic E-state index is -0.450. The molecule has 0 atom stereocenters. The minimum Gasteiger partial charge on any atom is -0.338 e. The second-order valence-corrected chi connectivity index (χ2v) is 5.11. The van der Waals surface area contributed by atoms with Crippen LogP contribution in [0.3, 0.4) is 0 Å². The molecule has 0 aliphatic heterocycles. The van der Waals surface area contributed by atoms with Gasteiger partial charge in [0, 0.05) is 15.9 Å². The van der Waals surface area contributed by atoms with Gasteiger partial charge < -0.3 is 5.32 Å². The number of imide groups is 1. The first kappa shape index (κ1) is 14.1. The number of carbonyl (C=O) groups is 2. The van der Waals surface area contributed by atoms with Crippen molar-refractivity contribution in [3.8, 4) is 0 Å². The molecule has 0 bridgehead atoms. The number of carbonyl (C=O) groups excluding carboxylic acids is 2. The molecule has 0 heterocycles. The maximum absolute atomic E-state index is 11.4. The van der Waals surface area contributed by atoms with Gasteiger partial charge >= 0.3 is 6.03 Å². The summed E-state index contributed by atoms with van der Waals surface area (Å²) in [5.41, 5.74) is 0. The lowest BCUT2D eigenvalue weighted by atomic mass is 10.4. The van der Waals surface area contributed by atoms with Crippen LogP contribution in [0.2, 0.25) is 0 Å². The molecule has 2 N–H and O–H groups in total. The normalized spacial score (nSPS) is 9.76. The largest absolute Gasteiger partial charge is 0.338 e. The monoisotopic (exact) mass is 316 g/mol. The van der Waals surface area contributed by atoms with Crippen molar-refractivity contribution in [1.82, 2.24) is 10.6 Å². The van der Waals surface area contributed by atoms with Crippen LogP contribution in [0.5, 0.6) is 0 Å². The van der Waals surface area contributed by atoms with Crippen molar-refractivity contribution < 1.29 is 9.59 Å². The molecule has 1 aromatic rings. The third kappa shape index (κ3) is 5.74. The van der Waals surface area contributed by atoms with E-state index in [1.54, 1.807) is 6.92 Å². The summed E-state index contributed by atoms with van der Waals surface area (Å²) in [6.07, 6.45) is 0. The molecule has 0 unspecified atom stereocenters. The van der Waals surface area contributed by atoms with Crippen LogP contribution in [-0.4, -0.2) is 24.2 Å². The van der Waals surface area contributed by atoms with Crippen LogP contribution in [0.1, 0.15) is 6.92 Å². The van der Waals surface area contributed by atoms with Gasteiger partial charge in [-0.05, 0) is 31.2 Å². The Balaban J connectivity index is 2.33. The fraction of sp³-hybridized carbons (Fsp3) is 0.273. The summed E-state index contributed by atoms with van der Waals surface area (Å²) < 4.78 is 0.994. The van der Waals surface area contributed by atoms with Gasteiger partial charge in [-0.25, -0.2) is 4.79 Å². The zero-order valence-electron chi connectivity index (χ0n) is 9.33. The predicted octanol–water partition coefficient (Wildman–Crippen LogP) is 2.39. The molecule has 92 valence electrons. The van der Waals surface area contributed by atoms with Crippen molar-refractivity contribution in [1.29, 1.82) is 0 Å². The minimum absolute atomic E-state index is 0.221. The van der Waals surface area contributed by atoms with E-state index in [9.17, 15) is 9.59 Å². The molecule has 1 aromatic carbocycles. The van der Waals surface area contributed by atoms with Crippen molar-refractivity contribution in [2.24, 2.45) is 0 Å². The summed E-state index contributed by atoms with van der Waals surface area (Å²) in [4.78, 5) is 23.4. The average Bonchev–Trinajstić information content (AvgIpc) is 2.28. The van der Waals surface area contributed by atoms with Crippen molar-refractivity contribution >= 4 is 39.6 Å². The number of hydrogen-bond donors (Lipinski definition) is 2. The lowest BCUT2D eigenvalue weighted by Crippen LogP contribution is -2.40. The van der Waals surface area contributed by atoms with Crippen LogP contribution >= 0.6 is 27.7 Å². The Morgan fingerprint density at radius 3 is 2.53 bits per heavy atom. The molecule has 6 heteroatoms. The van der Waals surface area contributed by atoms with E-state index in [1.165, 1.54) is 11.8 Å². The highest BCUT2D eigenvalue weighted by molar-refractivity contribution is 9.10. The second-order valence-electron chi connectivity index (χ2n) is 3.15. The number of urea groups is 1. The molecule has 0 aromatic heterocycles. The van der Waals surface area contributed by atoms with Gasteiger partial charge in [0.25, 0.3) is 0 Å². The first-order chi connectivity index (χ1) is 8.11. The SMILES string of the molecule is CCNC(=O)NC(=O)CSc1ccc(Br)cc1. The second kappa shape index (κ2) is 7.34. The molecule has 4 nitrogen and oxygen atoms in total. The molecule has 0 fully saturated rings. The number of amides is 3. The summed E-state index contributed by atoms with van der Waals surface area (Å²) in [7, 11) is 0. The molecule has 3 amide bonds. The number of hydrogen-bond acceptors (Lipinski definition) is 3. The van der Waals surface area contributed by atoms with E-state index >= 15 is 0 Å². The predicted molar refractivity (Wildman–Crippen MR) is 72.1 cm³/mol. The Kier molecular flexibility index (Phi) is 6.07. The first-order valence-corrected chi connectivity index (χ1v) is 6.85. The quantitative estimate of drug-likeness (QED) is 0.838. The molecule has 0 spiro atoms. The Bertz CT molecular complexity index is 395. The topological polar surface area (TPSA) is 58.2 Å². The van der Waals surface area contributed by atoms with E-state index in [1.807, 2.05) is 24.3 Å².